The number of halogens is 2. The summed E-state index contributed by atoms with van der Waals surface area (Å²) in [6.07, 6.45) is 4.41. The number of nitrogens with one attached hydrogen (secondary N) is 1. The second-order valence-corrected chi connectivity index (χ2v) is 8.04. The van der Waals surface area contributed by atoms with Crippen LogP contribution in [0.1, 0.15) is 31.2 Å². The molecule has 0 saturated heterocycles. The van der Waals surface area contributed by atoms with Gasteiger partial charge >= 0.3 is 6.01 Å². The van der Waals surface area contributed by atoms with E-state index in [1.54, 1.807) is 6.07 Å². The Morgan fingerprint density at radius 1 is 1.08 bits per heavy atom. The van der Waals surface area contributed by atoms with Crippen molar-refractivity contribution in [3.63, 3.8) is 0 Å². The lowest BCUT2D eigenvalue weighted by molar-refractivity contribution is 0.132. The molecule has 9 heteroatoms. The molecular formula is C17H19F2N3O3S. The van der Waals surface area contributed by atoms with Crippen molar-refractivity contribution in [3.05, 3.63) is 53.9 Å². The van der Waals surface area contributed by atoms with Crippen molar-refractivity contribution in [2.45, 2.75) is 43.6 Å². The van der Waals surface area contributed by atoms with Gasteiger partial charge in [0.05, 0.1) is 18.1 Å². The molecule has 2 aromatic rings. The molecule has 26 heavy (non-hydrogen) atoms. The molecule has 3 rings (SSSR count). The number of rotatable bonds is 6. The summed E-state index contributed by atoms with van der Waals surface area (Å²) in [6, 6.07) is 5.47. The zero-order valence-electron chi connectivity index (χ0n) is 13.9. The van der Waals surface area contributed by atoms with Gasteiger partial charge in [0.15, 0.2) is 5.82 Å². The Morgan fingerprint density at radius 2 is 1.77 bits per heavy atom. The van der Waals surface area contributed by atoms with Crippen molar-refractivity contribution in [1.29, 1.82) is 0 Å². The minimum atomic E-state index is -3.56. The van der Waals surface area contributed by atoms with Gasteiger partial charge < -0.3 is 4.74 Å². The van der Waals surface area contributed by atoms with Crippen LogP contribution in [0.25, 0.3) is 0 Å². The first-order chi connectivity index (χ1) is 12.4. The van der Waals surface area contributed by atoms with Crippen LogP contribution in [0, 0.1) is 11.6 Å². The summed E-state index contributed by atoms with van der Waals surface area (Å²) >= 11 is 0. The average molecular weight is 383 g/mol. The second-order valence-electron chi connectivity index (χ2n) is 6.28. The number of hydrogen-bond acceptors (Lipinski definition) is 5. The lowest BCUT2D eigenvalue weighted by atomic mass is 9.94. The third kappa shape index (κ3) is 5.43. The fraction of sp³-hybridized carbons (Fsp3) is 0.412. The molecular weight excluding hydrogens is 364 g/mol. The minimum Gasteiger partial charge on any atom is -0.460 e. The first kappa shape index (κ1) is 18.7. The Bertz CT molecular complexity index is 839. The summed E-state index contributed by atoms with van der Waals surface area (Å²) in [6.45, 7) is 0. The Balaban J connectivity index is 1.49. The van der Waals surface area contributed by atoms with Gasteiger partial charge in [-0.2, -0.15) is 0 Å². The molecule has 1 aromatic heterocycles. The summed E-state index contributed by atoms with van der Waals surface area (Å²) in [5.41, 5.74) is 0.406. The summed E-state index contributed by atoms with van der Waals surface area (Å²) in [7, 11) is -3.56. The SMILES string of the molecule is O=S(=O)(Cc1cccc(F)c1)NC1CCC(Oc2ncc(F)cn2)CC1. The van der Waals surface area contributed by atoms with Crippen LogP contribution in [-0.4, -0.2) is 30.5 Å². The molecule has 1 N–H and O–H groups in total. The van der Waals surface area contributed by atoms with Crippen LogP contribution in [0.4, 0.5) is 8.78 Å². The van der Waals surface area contributed by atoms with Gasteiger partial charge in [-0.05, 0) is 43.4 Å². The monoisotopic (exact) mass is 383 g/mol. The van der Waals surface area contributed by atoms with Crippen LogP contribution in [0.15, 0.2) is 36.7 Å². The predicted molar refractivity (Wildman–Crippen MR) is 90.8 cm³/mol. The topological polar surface area (TPSA) is 81.2 Å². The molecule has 0 bridgehead atoms. The molecule has 0 amide bonds. The maximum Gasteiger partial charge on any atom is 0.316 e. The molecule has 0 unspecified atom stereocenters. The lowest BCUT2D eigenvalue weighted by Gasteiger charge is -2.28. The van der Waals surface area contributed by atoms with E-state index in [0.29, 0.717) is 31.2 Å². The highest BCUT2D eigenvalue weighted by Crippen LogP contribution is 2.23. The van der Waals surface area contributed by atoms with Gasteiger partial charge in [-0.25, -0.2) is 31.9 Å². The lowest BCUT2D eigenvalue weighted by Crippen LogP contribution is -2.40. The fourth-order valence-corrected chi connectivity index (χ4v) is 4.40. The van der Waals surface area contributed by atoms with E-state index in [1.165, 1.54) is 18.2 Å². The molecule has 1 fully saturated rings. The first-order valence-electron chi connectivity index (χ1n) is 8.28. The van der Waals surface area contributed by atoms with Crippen molar-refractivity contribution in [1.82, 2.24) is 14.7 Å². The number of benzene rings is 1. The van der Waals surface area contributed by atoms with Crippen molar-refractivity contribution in [2.24, 2.45) is 0 Å². The van der Waals surface area contributed by atoms with E-state index in [2.05, 4.69) is 14.7 Å². The highest BCUT2D eigenvalue weighted by Gasteiger charge is 2.26. The quantitative estimate of drug-likeness (QED) is 0.829. The van der Waals surface area contributed by atoms with Crippen molar-refractivity contribution in [3.8, 4) is 6.01 Å². The molecule has 140 valence electrons. The molecule has 6 nitrogen and oxygen atoms in total. The van der Waals surface area contributed by atoms with E-state index in [9.17, 15) is 17.2 Å². The normalized spacial score (nSPS) is 20.7. The number of aromatic nitrogens is 2. The van der Waals surface area contributed by atoms with Crippen LogP contribution >= 0.6 is 0 Å². The van der Waals surface area contributed by atoms with Gasteiger partial charge in [-0.15, -0.1) is 0 Å². The fourth-order valence-electron chi connectivity index (χ4n) is 2.95. The van der Waals surface area contributed by atoms with E-state index >= 15 is 0 Å². The molecule has 1 aliphatic carbocycles. The maximum absolute atomic E-state index is 13.2. The number of nitrogens with zero attached hydrogens (tertiary/aromatic N) is 2. The Kier molecular flexibility index (Phi) is 5.77. The van der Waals surface area contributed by atoms with Gasteiger partial charge in [0.25, 0.3) is 0 Å². The number of hydrogen-bond donors (Lipinski definition) is 1. The van der Waals surface area contributed by atoms with Crippen LogP contribution in [0.3, 0.4) is 0 Å². The van der Waals surface area contributed by atoms with Gasteiger partial charge in [-0.1, -0.05) is 12.1 Å². The predicted octanol–water partition coefficient (Wildman–Crippen LogP) is 2.56. The number of ether oxygens (including phenoxy) is 1. The van der Waals surface area contributed by atoms with Gasteiger partial charge in [0.2, 0.25) is 10.0 Å². The van der Waals surface area contributed by atoms with E-state index in [-0.39, 0.29) is 23.9 Å². The van der Waals surface area contributed by atoms with E-state index in [1.807, 2.05) is 0 Å². The molecule has 1 aliphatic rings. The molecule has 0 atom stereocenters. The molecule has 1 aromatic carbocycles. The van der Waals surface area contributed by atoms with E-state index in [0.717, 1.165) is 12.4 Å². The van der Waals surface area contributed by atoms with Crippen molar-refractivity contribution in [2.75, 3.05) is 0 Å². The minimum absolute atomic E-state index is 0.113. The second kappa shape index (κ2) is 8.05. The van der Waals surface area contributed by atoms with Crippen LogP contribution in [0.2, 0.25) is 0 Å². The summed E-state index contributed by atoms with van der Waals surface area (Å²) in [5, 5.41) is 0. The zero-order valence-corrected chi connectivity index (χ0v) is 14.8. The molecule has 0 radical (unpaired) electrons. The first-order valence-corrected chi connectivity index (χ1v) is 9.93. The smallest absolute Gasteiger partial charge is 0.316 e. The van der Waals surface area contributed by atoms with Crippen molar-refractivity contribution >= 4 is 10.0 Å². The summed E-state index contributed by atoms with van der Waals surface area (Å²) in [5.74, 6) is -1.25. The van der Waals surface area contributed by atoms with E-state index in [4.69, 9.17) is 4.74 Å². The van der Waals surface area contributed by atoms with Crippen LogP contribution in [0.5, 0.6) is 6.01 Å². The van der Waals surface area contributed by atoms with Gasteiger partial charge in [0, 0.05) is 6.04 Å². The third-order valence-corrected chi connectivity index (χ3v) is 5.54. The highest BCUT2D eigenvalue weighted by atomic mass is 32.2. The third-order valence-electron chi connectivity index (χ3n) is 4.13. The Morgan fingerprint density at radius 3 is 2.42 bits per heavy atom. The zero-order chi connectivity index (χ0) is 18.6. The maximum atomic E-state index is 13.2. The number of sulfonamides is 1. The molecule has 0 spiro atoms. The largest absolute Gasteiger partial charge is 0.460 e. The highest BCUT2D eigenvalue weighted by molar-refractivity contribution is 7.88. The summed E-state index contributed by atoms with van der Waals surface area (Å²) < 4.78 is 58.8. The van der Waals surface area contributed by atoms with Gasteiger partial charge in [-0.3, -0.25) is 0 Å². The van der Waals surface area contributed by atoms with Crippen LogP contribution in [-0.2, 0) is 15.8 Å². The Labute approximate surface area is 150 Å². The molecule has 1 heterocycles. The molecule has 1 saturated carbocycles. The van der Waals surface area contributed by atoms with Crippen molar-refractivity contribution < 1.29 is 21.9 Å². The molecule has 0 aliphatic heterocycles. The summed E-state index contributed by atoms with van der Waals surface area (Å²) in [4.78, 5) is 7.51. The average Bonchev–Trinajstić information content (AvgIpc) is 2.58. The van der Waals surface area contributed by atoms with Crippen LogP contribution < -0.4 is 9.46 Å². The Hall–Kier alpha value is -2.13. The van der Waals surface area contributed by atoms with Gasteiger partial charge in [0.1, 0.15) is 11.9 Å². The van der Waals surface area contributed by atoms with E-state index < -0.39 is 21.7 Å². The standard InChI is InChI=1S/C17H19F2N3O3S/c18-13-3-1-2-12(8-13)11-26(23,24)22-15-4-6-16(7-5-15)25-17-20-9-14(19)10-21-17/h1-3,8-10,15-16,22H,4-7,11H2.